The summed E-state index contributed by atoms with van der Waals surface area (Å²) in [6.45, 7) is 0.565. The van der Waals surface area contributed by atoms with Crippen molar-refractivity contribution < 1.29 is 0 Å². The van der Waals surface area contributed by atoms with Gasteiger partial charge in [-0.1, -0.05) is 0 Å². The summed E-state index contributed by atoms with van der Waals surface area (Å²) in [5.74, 6) is 0.660. The monoisotopic (exact) mass is 136 g/mol. The van der Waals surface area contributed by atoms with E-state index < -0.39 is 0 Å². The molecule has 1 aromatic heterocycles. The van der Waals surface area contributed by atoms with E-state index in [0.717, 1.165) is 5.69 Å². The first kappa shape index (κ1) is 5.34. The topological polar surface area (TPSA) is 59.0 Å². The summed E-state index contributed by atoms with van der Waals surface area (Å²) < 4.78 is 0. The Labute approximate surface area is 57.3 Å². The number of aromatic nitrogens is 1. The van der Waals surface area contributed by atoms with Gasteiger partial charge in [0.15, 0.2) is 5.82 Å². The first-order chi connectivity index (χ1) is 4.86. The van der Waals surface area contributed by atoms with Crippen LogP contribution in [0.4, 0.5) is 11.5 Å². The van der Waals surface area contributed by atoms with Gasteiger partial charge >= 0.3 is 0 Å². The zero-order valence-electron chi connectivity index (χ0n) is 5.22. The zero-order valence-corrected chi connectivity index (χ0v) is 5.22. The normalized spacial score (nSPS) is 13.6. The van der Waals surface area contributed by atoms with Crippen molar-refractivity contribution in [3.63, 3.8) is 0 Å². The van der Waals surface area contributed by atoms with Crippen molar-refractivity contribution in [2.75, 3.05) is 12.0 Å². The second-order valence-corrected chi connectivity index (χ2v) is 2.08. The smallest absolute Gasteiger partial charge is 0.249 e. The fraction of sp³-hybridized carbons (Fsp3) is 0.167. The summed E-state index contributed by atoms with van der Waals surface area (Å²) in [7, 11) is 0. The standard InChI is InChI=1S/C6H6N3O/c10-5-2-1-4-6(9-5)8-3-7-4/h1-2,7H,3H2,(H,9,10). The maximum absolute atomic E-state index is 10.7. The quantitative estimate of drug-likeness (QED) is 0.527. The number of hydrogen-bond donors (Lipinski definition) is 2. The molecule has 0 unspecified atom stereocenters. The maximum atomic E-state index is 10.7. The van der Waals surface area contributed by atoms with Crippen LogP contribution in [-0.4, -0.2) is 11.7 Å². The molecule has 4 nitrogen and oxygen atoms in total. The predicted molar refractivity (Wildman–Crippen MR) is 37.3 cm³/mol. The number of rotatable bonds is 0. The summed E-state index contributed by atoms with van der Waals surface area (Å²) in [6, 6.07) is 3.21. The minimum Gasteiger partial charge on any atom is -0.363 e. The molecule has 0 bridgehead atoms. The number of aromatic amines is 1. The van der Waals surface area contributed by atoms with Crippen molar-refractivity contribution in [1.82, 2.24) is 10.3 Å². The van der Waals surface area contributed by atoms with E-state index in [1.54, 1.807) is 6.07 Å². The van der Waals surface area contributed by atoms with Gasteiger partial charge in [0.05, 0.1) is 5.69 Å². The van der Waals surface area contributed by atoms with Crippen LogP contribution >= 0.6 is 0 Å². The van der Waals surface area contributed by atoms with Gasteiger partial charge in [-0.2, -0.15) is 0 Å². The second kappa shape index (κ2) is 1.76. The molecule has 2 rings (SSSR count). The Kier molecular flexibility index (Phi) is 0.943. The van der Waals surface area contributed by atoms with Gasteiger partial charge in [-0.3, -0.25) is 4.79 Å². The lowest BCUT2D eigenvalue weighted by molar-refractivity contribution is 0.948. The van der Waals surface area contributed by atoms with Gasteiger partial charge in [-0.25, -0.2) is 5.32 Å². The van der Waals surface area contributed by atoms with E-state index >= 15 is 0 Å². The molecular weight excluding hydrogens is 130 g/mol. The van der Waals surface area contributed by atoms with Crippen molar-refractivity contribution in [2.24, 2.45) is 0 Å². The minimum atomic E-state index is -0.105. The Morgan fingerprint density at radius 3 is 3.30 bits per heavy atom. The number of anilines is 1. The van der Waals surface area contributed by atoms with Crippen molar-refractivity contribution in [1.29, 1.82) is 0 Å². The zero-order chi connectivity index (χ0) is 6.97. The van der Waals surface area contributed by atoms with Crippen molar-refractivity contribution >= 4 is 11.5 Å². The first-order valence-electron chi connectivity index (χ1n) is 3.01. The van der Waals surface area contributed by atoms with E-state index in [4.69, 9.17) is 0 Å². The molecule has 4 heteroatoms. The fourth-order valence-corrected chi connectivity index (χ4v) is 0.935. The molecule has 0 saturated heterocycles. The van der Waals surface area contributed by atoms with Gasteiger partial charge < -0.3 is 10.3 Å². The number of nitrogens with one attached hydrogen (secondary N) is 2. The average molecular weight is 136 g/mol. The molecular formula is C6H6N3O. The van der Waals surface area contributed by atoms with Crippen LogP contribution in [0.25, 0.3) is 0 Å². The molecule has 0 saturated carbocycles. The predicted octanol–water partition coefficient (Wildman–Crippen LogP) is -0.00620. The Bertz CT molecular complexity index is 304. The number of hydrogen-bond acceptors (Lipinski definition) is 2. The van der Waals surface area contributed by atoms with Gasteiger partial charge in [0.25, 0.3) is 0 Å². The van der Waals surface area contributed by atoms with E-state index in [1.807, 2.05) is 0 Å². The molecule has 0 spiro atoms. The molecule has 51 valence electrons. The highest BCUT2D eigenvalue weighted by atomic mass is 16.1. The van der Waals surface area contributed by atoms with Crippen molar-refractivity contribution in [3.8, 4) is 0 Å². The molecule has 1 radical (unpaired) electrons. The molecule has 1 aromatic rings. The number of pyridine rings is 1. The first-order valence-corrected chi connectivity index (χ1v) is 3.01. The fourth-order valence-electron chi connectivity index (χ4n) is 0.935. The molecule has 0 atom stereocenters. The van der Waals surface area contributed by atoms with Crippen LogP contribution in [0.3, 0.4) is 0 Å². The van der Waals surface area contributed by atoms with E-state index in [0.29, 0.717) is 12.5 Å². The summed E-state index contributed by atoms with van der Waals surface area (Å²) in [6.07, 6.45) is 0. The summed E-state index contributed by atoms with van der Waals surface area (Å²) >= 11 is 0. The SMILES string of the molecule is O=c1ccc2c([nH]1)[N]CN2. The van der Waals surface area contributed by atoms with Crippen LogP contribution in [0.15, 0.2) is 16.9 Å². The summed E-state index contributed by atoms with van der Waals surface area (Å²) in [4.78, 5) is 13.3. The Balaban J connectivity index is 2.63. The third-order valence-electron chi connectivity index (χ3n) is 1.40. The highest BCUT2D eigenvalue weighted by Gasteiger charge is 2.09. The van der Waals surface area contributed by atoms with Crippen LogP contribution in [0.2, 0.25) is 0 Å². The molecule has 10 heavy (non-hydrogen) atoms. The maximum Gasteiger partial charge on any atom is 0.249 e. The molecule has 0 amide bonds. The Hall–Kier alpha value is -1.45. The average Bonchev–Trinajstić information content (AvgIpc) is 2.33. The minimum absolute atomic E-state index is 0.105. The van der Waals surface area contributed by atoms with Crippen LogP contribution in [-0.2, 0) is 0 Å². The Morgan fingerprint density at radius 2 is 2.40 bits per heavy atom. The van der Waals surface area contributed by atoms with Crippen LogP contribution < -0.4 is 16.2 Å². The summed E-state index contributed by atoms with van der Waals surface area (Å²) in [5, 5.41) is 6.98. The molecule has 0 fully saturated rings. The third kappa shape index (κ3) is 0.655. The molecule has 1 aliphatic rings. The van der Waals surface area contributed by atoms with Crippen molar-refractivity contribution in [3.05, 3.63) is 22.5 Å². The number of fused-ring (bicyclic) bond motifs is 1. The van der Waals surface area contributed by atoms with Gasteiger partial charge in [0, 0.05) is 6.07 Å². The number of nitrogens with zero attached hydrogens (tertiary/aromatic N) is 1. The van der Waals surface area contributed by atoms with Gasteiger partial charge in [0.1, 0.15) is 6.67 Å². The lowest BCUT2D eigenvalue weighted by Gasteiger charge is -1.92. The van der Waals surface area contributed by atoms with Crippen molar-refractivity contribution in [2.45, 2.75) is 0 Å². The van der Waals surface area contributed by atoms with E-state index in [-0.39, 0.29) is 5.56 Å². The van der Waals surface area contributed by atoms with Gasteiger partial charge in [0.2, 0.25) is 5.56 Å². The number of H-pyrrole nitrogens is 1. The highest BCUT2D eigenvalue weighted by Crippen LogP contribution is 2.19. The van der Waals surface area contributed by atoms with E-state index in [9.17, 15) is 4.79 Å². The molecule has 2 N–H and O–H groups in total. The lowest BCUT2D eigenvalue weighted by Crippen LogP contribution is -2.04. The highest BCUT2D eigenvalue weighted by molar-refractivity contribution is 5.63. The van der Waals surface area contributed by atoms with Gasteiger partial charge in [-0.05, 0) is 6.07 Å². The third-order valence-corrected chi connectivity index (χ3v) is 1.40. The van der Waals surface area contributed by atoms with E-state index in [1.165, 1.54) is 6.07 Å². The van der Waals surface area contributed by atoms with E-state index in [2.05, 4.69) is 15.6 Å². The lowest BCUT2D eigenvalue weighted by atomic mass is 10.4. The van der Waals surface area contributed by atoms with Crippen LogP contribution in [0.5, 0.6) is 0 Å². The molecule has 1 aliphatic heterocycles. The largest absolute Gasteiger partial charge is 0.363 e. The van der Waals surface area contributed by atoms with Crippen LogP contribution in [0, 0.1) is 0 Å². The second-order valence-electron chi connectivity index (χ2n) is 2.08. The molecule has 0 aromatic carbocycles. The van der Waals surface area contributed by atoms with Crippen LogP contribution in [0.1, 0.15) is 0 Å². The molecule has 2 heterocycles. The van der Waals surface area contributed by atoms with Gasteiger partial charge in [-0.15, -0.1) is 0 Å². The molecule has 0 aliphatic carbocycles. The summed E-state index contributed by atoms with van der Waals surface area (Å²) in [5.41, 5.74) is 0.797. The Morgan fingerprint density at radius 1 is 1.50 bits per heavy atom.